The van der Waals surface area contributed by atoms with Crippen molar-refractivity contribution < 1.29 is 4.74 Å². The van der Waals surface area contributed by atoms with Crippen molar-refractivity contribution in [1.29, 1.82) is 0 Å². The molecule has 100 valence electrons. The summed E-state index contributed by atoms with van der Waals surface area (Å²) in [5.41, 5.74) is 6.69. The van der Waals surface area contributed by atoms with Gasteiger partial charge in [-0.25, -0.2) is 0 Å². The van der Waals surface area contributed by atoms with Crippen LogP contribution in [-0.2, 0) is 6.54 Å². The third-order valence-corrected chi connectivity index (χ3v) is 3.80. The highest BCUT2D eigenvalue weighted by atomic mass is 79.9. The molecule has 0 heterocycles. The van der Waals surface area contributed by atoms with Crippen LogP contribution in [0, 0.1) is 0 Å². The lowest BCUT2D eigenvalue weighted by Gasteiger charge is -2.09. The van der Waals surface area contributed by atoms with E-state index >= 15 is 0 Å². The first kappa shape index (κ1) is 13.2. The first-order valence-corrected chi connectivity index (χ1v) is 7.21. The molecule has 2 N–H and O–H groups in total. The molecule has 0 bridgehead atoms. The Bertz CT molecular complexity index is 755. The summed E-state index contributed by atoms with van der Waals surface area (Å²) in [6, 6.07) is 20.2. The normalized spacial score (nSPS) is 10.7. The quantitative estimate of drug-likeness (QED) is 0.746. The second-order valence-corrected chi connectivity index (χ2v) is 5.43. The molecule has 0 aliphatic rings. The second kappa shape index (κ2) is 5.65. The van der Waals surface area contributed by atoms with Crippen LogP contribution in [0.3, 0.4) is 0 Å². The monoisotopic (exact) mass is 327 g/mol. The van der Waals surface area contributed by atoms with Gasteiger partial charge in [-0.1, -0.05) is 36.4 Å². The van der Waals surface area contributed by atoms with Crippen molar-refractivity contribution in [2.75, 3.05) is 0 Å². The highest BCUT2D eigenvalue weighted by Gasteiger charge is 2.04. The highest BCUT2D eigenvalue weighted by Crippen LogP contribution is 2.31. The SMILES string of the molecule is NCc1ccc(Oc2ccc3ccccc3c2)c(Br)c1. The fourth-order valence-electron chi connectivity index (χ4n) is 2.11. The summed E-state index contributed by atoms with van der Waals surface area (Å²) >= 11 is 3.51. The van der Waals surface area contributed by atoms with Gasteiger partial charge < -0.3 is 10.5 Å². The molecule has 2 nitrogen and oxygen atoms in total. The fourth-order valence-corrected chi connectivity index (χ4v) is 2.62. The van der Waals surface area contributed by atoms with Gasteiger partial charge >= 0.3 is 0 Å². The van der Waals surface area contributed by atoms with Crippen LogP contribution in [-0.4, -0.2) is 0 Å². The number of benzene rings is 3. The zero-order valence-corrected chi connectivity index (χ0v) is 12.4. The molecule has 0 aliphatic carbocycles. The van der Waals surface area contributed by atoms with Crippen molar-refractivity contribution >= 4 is 26.7 Å². The second-order valence-electron chi connectivity index (χ2n) is 4.58. The molecule has 0 spiro atoms. The minimum absolute atomic E-state index is 0.523. The van der Waals surface area contributed by atoms with E-state index in [0.717, 1.165) is 21.5 Å². The Labute approximate surface area is 126 Å². The average molecular weight is 328 g/mol. The van der Waals surface area contributed by atoms with Crippen LogP contribution in [0.4, 0.5) is 0 Å². The Kier molecular flexibility index (Phi) is 3.72. The predicted octanol–water partition coefficient (Wildman–Crippen LogP) is 4.85. The lowest BCUT2D eigenvalue weighted by Crippen LogP contribution is -1.96. The van der Waals surface area contributed by atoms with Crippen LogP contribution in [0.15, 0.2) is 65.1 Å². The van der Waals surface area contributed by atoms with E-state index in [1.165, 1.54) is 10.8 Å². The van der Waals surface area contributed by atoms with Gasteiger partial charge in [-0.2, -0.15) is 0 Å². The molecule has 0 radical (unpaired) electrons. The van der Waals surface area contributed by atoms with E-state index in [-0.39, 0.29) is 0 Å². The van der Waals surface area contributed by atoms with Gasteiger partial charge in [0.25, 0.3) is 0 Å². The molecule has 0 saturated heterocycles. The molecule has 0 amide bonds. The maximum Gasteiger partial charge on any atom is 0.141 e. The van der Waals surface area contributed by atoms with Gasteiger partial charge in [-0.05, 0) is 56.5 Å². The van der Waals surface area contributed by atoms with Gasteiger partial charge in [0.05, 0.1) is 4.47 Å². The Morgan fingerprint density at radius 2 is 1.70 bits per heavy atom. The Morgan fingerprint density at radius 3 is 2.45 bits per heavy atom. The maximum atomic E-state index is 5.93. The van der Waals surface area contributed by atoms with Crippen molar-refractivity contribution in [1.82, 2.24) is 0 Å². The van der Waals surface area contributed by atoms with E-state index < -0.39 is 0 Å². The van der Waals surface area contributed by atoms with Gasteiger partial charge in [0, 0.05) is 6.54 Å². The minimum Gasteiger partial charge on any atom is -0.456 e. The van der Waals surface area contributed by atoms with Gasteiger partial charge in [0.1, 0.15) is 11.5 Å². The lowest BCUT2D eigenvalue weighted by molar-refractivity contribution is 0.480. The summed E-state index contributed by atoms with van der Waals surface area (Å²) in [5.74, 6) is 1.61. The van der Waals surface area contributed by atoms with Crippen LogP contribution in [0.1, 0.15) is 5.56 Å². The van der Waals surface area contributed by atoms with E-state index in [2.05, 4.69) is 34.1 Å². The topological polar surface area (TPSA) is 35.2 Å². The first-order chi connectivity index (χ1) is 9.76. The van der Waals surface area contributed by atoms with Crippen LogP contribution >= 0.6 is 15.9 Å². The summed E-state index contributed by atoms with van der Waals surface area (Å²) in [7, 11) is 0. The van der Waals surface area contributed by atoms with Gasteiger partial charge in [0.2, 0.25) is 0 Å². The molecule has 0 fully saturated rings. The van der Waals surface area contributed by atoms with Crippen molar-refractivity contribution in [2.24, 2.45) is 5.73 Å². The maximum absolute atomic E-state index is 5.93. The first-order valence-electron chi connectivity index (χ1n) is 6.41. The van der Waals surface area contributed by atoms with Gasteiger partial charge in [-0.15, -0.1) is 0 Å². The highest BCUT2D eigenvalue weighted by molar-refractivity contribution is 9.10. The summed E-state index contributed by atoms with van der Waals surface area (Å²) in [4.78, 5) is 0. The van der Waals surface area contributed by atoms with Crippen LogP contribution in [0.2, 0.25) is 0 Å². The Balaban J connectivity index is 1.92. The number of fused-ring (bicyclic) bond motifs is 1. The van der Waals surface area contributed by atoms with E-state index in [4.69, 9.17) is 10.5 Å². The number of nitrogens with two attached hydrogens (primary N) is 1. The number of ether oxygens (including phenoxy) is 1. The number of hydrogen-bond acceptors (Lipinski definition) is 2. The number of halogens is 1. The summed E-state index contributed by atoms with van der Waals surface area (Å²) < 4.78 is 6.84. The third-order valence-electron chi connectivity index (χ3n) is 3.18. The van der Waals surface area contributed by atoms with Crippen molar-refractivity contribution in [3.63, 3.8) is 0 Å². The molecule has 0 atom stereocenters. The molecule has 20 heavy (non-hydrogen) atoms. The molecule has 3 aromatic rings. The van der Waals surface area contributed by atoms with Crippen molar-refractivity contribution in [3.8, 4) is 11.5 Å². The molecule has 0 aliphatic heterocycles. The zero-order valence-electron chi connectivity index (χ0n) is 10.8. The minimum atomic E-state index is 0.523. The van der Waals surface area contributed by atoms with E-state index in [0.29, 0.717) is 6.54 Å². The average Bonchev–Trinajstić information content (AvgIpc) is 2.49. The van der Waals surface area contributed by atoms with Crippen LogP contribution < -0.4 is 10.5 Å². The van der Waals surface area contributed by atoms with Crippen molar-refractivity contribution in [3.05, 3.63) is 70.7 Å². The standard InChI is InChI=1S/C17H14BrNO/c18-16-9-12(11-19)5-8-17(16)20-15-7-6-13-3-1-2-4-14(13)10-15/h1-10H,11,19H2. The third kappa shape index (κ3) is 2.69. The lowest BCUT2D eigenvalue weighted by atomic mass is 10.1. The Hall–Kier alpha value is -1.84. The summed E-state index contributed by atoms with van der Waals surface area (Å²) in [6.45, 7) is 0.523. The predicted molar refractivity (Wildman–Crippen MR) is 86.1 cm³/mol. The van der Waals surface area contributed by atoms with Crippen LogP contribution in [0.25, 0.3) is 10.8 Å². The van der Waals surface area contributed by atoms with E-state index in [9.17, 15) is 0 Å². The molecule has 3 rings (SSSR count). The fraction of sp³-hybridized carbons (Fsp3) is 0.0588. The molecule has 3 heteroatoms. The molecule has 0 unspecified atom stereocenters. The molecular formula is C17H14BrNO. The van der Waals surface area contributed by atoms with Gasteiger partial charge in [-0.3, -0.25) is 0 Å². The summed E-state index contributed by atoms with van der Waals surface area (Å²) in [5, 5.41) is 2.37. The van der Waals surface area contributed by atoms with Gasteiger partial charge in [0.15, 0.2) is 0 Å². The smallest absolute Gasteiger partial charge is 0.141 e. The van der Waals surface area contributed by atoms with Crippen LogP contribution in [0.5, 0.6) is 11.5 Å². The van der Waals surface area contributed by atoms with E-state index in [1.54, 1.807) is 0 Å². The number of hydrogen-bond donors (Lipinski definition) is 1. The molecule has 0 saturated carbocycles. The molecule has 3 aromatic carbocycles. The Morgan fingerprint density at radius 1 is 0.900 bits per heavy atom. The van der Waals surface area contributed by atoms with E-state index in [1.807, 2.05) is 42.5 Å². The van der Waals surface area contributed by atoms with Crippen molar-refractivity contribution in [2.45, 2.75) is 6.54 Å². The summed E-state index contributed by atoms with van der Waals surface area (Å²) in [6.07, 6.45) is 0. The molecule has 0 aromatic heterocycles. The molecular weight excluding hydrogens is 314 g/mol. The number of rotatable bonds is 3. The largest absolute Gasteiger partial charge is 0.456 e. The zero-order chi connectivity index (χ0) is 13.9.